The quantitative estimate of drug-likeness (QED) is 0.636. The van der Waals surface area contributed by atoms with Gasteiger partial charge in [0, 0.05) is 22.3 Å². The van der Waals surface area contributed by atoms with Crippen LogP contribution in [0.2, 0.25) is 0 Å². The van der Waals surface area contributed by atoms with E-state index in [9.17, 15) is 13.2 Å². The Morgan fingerprint density at radius 2 is 1.83 bits per heavy atom. The molecule has 1 fully saturated rings. The average Bonchev–Trinajstić information content (AvgIpc) is 2.73. The number of carbonyl (C=O) groups is 1. The van der Waals surface area contributed by atoms with E-state index in [2.05, 4.69) is 21.2 Å². The molecule has 3 rings (SSSR count). The second-order valence-electron chi connectivity index (χ2n) is 7.08. The van der Waals surface area contributed by atoms with Crippen molar-refractivity contribution in [3.05, 3.63) is 53.0 Å². The molecule has 29 heavy (non-hydrogen) atoms. The Kier molecular flexibility index (Phi) is 7.32. The third-order valence-electron chi connectivity index (χ3n) is 5.06. The van der Waals surface area contributed by atoms with Gasteiger partial charge in [-0.3, -0.25) is 4.79 Å². The van der Waals surface area contributed by atoms with E-state index in [-0.39, 0.29) is 23.4 Å². The summed E-state index contributed by atoms with van der Waals surface area (Å²) in [6.07, 6.45) is 4.56. The number of amides is 1. The van der Waals surface area contributed by atoms with Gasteiger partial charge >= 0.3 is 0 Å². The van der Waals surface area contributed by atoms with E-state index in [1.54, 1.807) is 55.6 Å². The number of ether oxygens (including phenoxy) is 1. The molecule has 0 aromatic heterocycles. The van der Waals surface area contributed by atoms with Gasteiger partial charge in [0.15, 0.2) is 0 Å². The van der Waals surface area contributed by atoms with Crippen LogP contribution >= 0.6 is 15.9 Å². The zero-order valence-electron chi connectivity index (χ0n) is 16.3. The highest BCUT2D eigenvalue weighted by molar-refractivity contribution is 9.10. The van der Waals surface area contributed by atoms with E-state index in [1.165, 1.54) is 4.31 Å². The third-order valence-corrected chi connectivity index (χ3v) is 7.50. The molecule has 1 aliphatic rings. The Labute approximate surface area is 180 Å². The Morgan fingerprint density at radius 1 is 1.14 bits per heavy atom. The molecule has 0 bridgehead atoms. The second kappa shape index (κ2) is 9.73. The van der Waals surface area contributed by atoms with Crippen molar-refractivity contribution in [1.29, 1.82) is 0 Å². The molecule has 156 valence electrons. The van der Waals surface area contributed by atoms with E-state index >= 15 is 0 Å². The van der Waals surface area contributed by atoms with Crippen LogP contribution in [0.15, 0.2) is 57.9 Å². The van der Waals surface area contributed by atoms with Crippen LogP contribution in [0.5, 0.6) is 5.75 Å². The number of hydrogen-bond acceptors (Lipinski definition) is 4. The minimum absolute atomic E-state index is 0.173. The summed E-state index contributed by atoms with van der Waals surface area (Å²) < 4.78 is 34.0. The zero-order chi connectivity index (χ0) is 20.9. The molecule has 1 amide bonds. The molecular formula is C21H25BrN2O4S. The van der Waals surface area contributed by atoms with Gasteiger partial charge in [0.25, 0.3) is 0 Å². The third kappa shape index (κ3) is 5.58. The van der Waals surface area contributed by atoms with Gasteiger partial charge in [0.2, 0.25) is 15.9 Å². The van der Waals surface area contributed by atoms with Crippen LogP contribution in [0, 0.1) is 0 Å². The molecule has 8 heteroatoms. The highest BCUT2D eigenvalue weighted by atomic mass is 79.9. The van der Waals surface area contributed by atoms with Crippen LogP contribution in [0.3, 0.4) is 0 Å². The van der Waals surface area contributed by atoms with Crippen molar-refractivity contribution in [2.24, 2.45) is 0 Å². The fourth-order valence-corrected chi connectivity index (χ4v) is 5.47. The summed E-state index contributed by atoms with van der Waals surface area (Å²) in [7, 11) is -2.24. The fraction of sp³-hybridized carbons (Fsp3) is 0.381. The maximum absolute atomic E-state index is 13.3. The summed E-state index contributed by atoms with van der Waals surface area (Å²) in [5.74, 6) is 0.249. The van der Waals surface area contributed by atoms with E-state index in [1.807, 2.05) is 0 Å². The molecule has 0 unspecified atom stereocenters. The Morgan fingerprint density at radius 3 is 2.48 bits per heavy atom. The largest absolute Gasteiger partial charge is 0.497 e. The number of carbonyl (C=O) groups excluding carboxylic acids is 1. The Balaban J connectivity index is 1.83. The van der Waals surface area contributed by atoms with Crippen molar-refractivity contribution >= 4 is 37.5 Å². The molecule has 1 aliphatic carbocycles. The van der Waals surface area contributed by atoms with Gasteiger partial charge in [-0.1, -0.05) is 41.3 Å². The number of halogens is 1. The van der Waals surface area contributed by atoms with Crippen LogP contribution in [0.1, 0.15) is 32.1 Å². The molecule has 2 aromatic carbocycles. The second-order valence-corrected chi connectivity index (χ2v) is 9.88. The van der Waals surface area contributed by atoms with E-state index in [4.69, 9.17) is 4.74 Å². The van der Waals surface area contributed by atoms with Gasteiger partial charge < -0.3 is 10.1 Å². The SMILES string of the molecule is COc1cccc(NC(=O)CN(C2CCCCC2)S(=O)(=O)c2ccc(Br)cc2)c1. The van der Waals surface area contributed by atoms with Crippen molar-refractivity contribution in [2.45, 2.75) is 43.0 Å². The number of anilines is 1. The van der Waals surface area contributed by atoms with Gasteiger partial charge in [-0.05, 0) is 49.2 Å². The van der Waals surface area contributed by atoms with Crippen LogP contribution < -0.4 is 10.1 Å². The normalized spacial score (nSPS) is 15.3. The van der Waals surface area contributed by atoms with Crippen molar-refractivity contribution in [3.63, 3.8) is 0 Å². The van der Waals surface area contributed by atoms with Crippen molar-refractivity contribution < 1.29 is 17.9 Å². The first-order chi connectivity index (χ1) is 13.9. The topological polar surface area (TPSA) is 75.7 Å². The number of nitrogens with one attached hydrogen (secondary N) is 1. The summed E-state index contributed by atoms with van der Waals surface area (Å²) in [4.78, 5) is 12.9. The zero-order valence-corrected chi connectivity index (χ0v) is 18.7. The van der Waals surface area contributed by atoms with Crippen molar-refractivity contribution in [1.82, 2.24) is 4.31 Å². The molecule has 0 atom stereocenters. The Bertz CT molecular complexity index is 941. The molecule has 0 aliphatic heterocycles. The molecule has 0 saturated heterocycles. The first-order valence-corrected chi connectivity index (χ1v) is 11.8. The van der Waals surface area contributed by atoms with Gasteiger partial charge in [0.05, 0.1) is 18.6 Å². The average molecular weight is 481 g/mol. The lowest BCUT2D eigenvalue weighted by molar-refractivity contribution is -0.116. The van der Waals surface area contributed by atoms with E-state index in [0.717, 1.165) is 36.6 Å². The van der Waals surface area contributed by atoms with Crippen LogP contribution in [-0.4, -0.2) is 38.3 Å². The van der Waals surface area contributed by atoms with Crippen molar-refractivity contribution in [3.8, 4) is 5.75 Å². The molecule has 2 aromatic rings. The number of hydrogen-bond donors (Lipinski definition) is 1. The number of nitrogens with zero attached hydrogens (tertiary/aromatic N) is 1. The Hall–Kier alpha value is -1.90. The number of benzene rings is 2. The maximum atomic E-state index is 13.3. The summed E-state index contributed by atoms with van der Waals surface area (Å²) in [6.45, 7) is -0.222. The van der Waals surface area contributed by atoms with Gasteiger partial charge in [-0.15, -0.1) is 0 Å². The van der Waals surface area contributed by atoms with Crippen LogP contribution in [0.4, 0.5) is 5.69 Å². The lowest BCUT2D eigenvalue weighted by atomic mass is 9.95. The lowest BCUT2D eigenvalue weighted by Crippen LogP contribution is -2.45. The smallest absolute Gasteiger partial charge is 0.243 e. The predicted octanol–water partition coefficient (Wildman–Crippen LogP) is 4.42. The fourth-order valence-electron chi connectivity index (χ4n) is 3.56. The first-order valence-electron chi connectivity index (χ1n) is 9.61. The number of rotatable bonds is 7. The minimum Gasteiger partial charge on any atom is -0.497 e. The highest BCUT2D eigenvalue weighted by Gasteiger charge is 2.34. The van der Waals surface area contributed by atoms with Gasteiger partial charge in [0.1, 0.15) is 5.75 Å². The number of methoxy groups -OCH3 is 1. The highest BCUT2D eigenvalue weighted by Crippen LogP contribution is 2.28. The standard InChI is InChI=1S/C21H25BrN2O4S/c1-28-19-9-5-6-17(14-19)23-21(25)15-24(18-7-3-2-4-8-18)29(26,27)20-12-10-16(22)11-13-20/h5-6,9-14,18H,2-4,7-8,15H2,1H3,(H,23,25). The lowest BCUT2D eigenvalue weighted by Gasteiger charge is -2.33. The molecule has 1 N–H and O–H groups in total. The van der Waals surface area contributed by atoms with Gasteiger partial charge in [-0.2, -0.15) is 4.31 Å². The van der Waals surface area contributed by atoms with E-state index < -0.39 is 10.0 Å². The molecule has 6 nitrogen and oxygen atoms in total. The summed E-state index contributed by atoms with van der Waals surface area (Å²) in [6, 6.07) is 13.3. The van der Waals surface area contributed by atoms with E-state index in [0.29, 0.717) is 11.4 Å². The van der Waals surface area contributed by atoms with Gasteiger partial charge in [-0.25, -0.2) is 8.42 Å². The summed E-state index contributed by atoms with van der Waals surface area (Å²) in [5, 5.41) is 2.79. The molecule has 0 spiro atoms. The maximum Gasteiger partial charge on any atom is 0.243 e. The van der Waals surface area contributed by atoms with Crippen molar-refractivity contribution in [2.75, 3.05) is 19.0 Å². The molecule has 0 radical (unpaired) electrons. The minimum atomic E-state index is -3.79. The first kappa shape index (κ1) is 21.8. The monoisotopic (exact) mass is 480 g/mol. The summed E-state index contributed by atoms with van der Waals surface area (Å²) in [5.41, 5.74) is 0.569. The van der Waals surface area contributed by atoms with Crippen LogP contribution in [-0.2, 0) is 14.8 Å². The number of sulfonamides is 1. The summed E-state index contributed by atoms with van der Waals surface area (Å²) >= 11 is 3.33. The predicted molar refractivity (Wildman–Crippen MR) is 117 cm³/mol. The van der Waals surface area contributed by atoms with Crippen LogP contribution in [0.25, 0.3) is 0 Å². The molecule has 1 saturated carbocycles. The molecular weight excluding hydrogens is 456 g/mol. The molecule has 0 heterocycles.